The molecule has 0 aromatic heterocycles. The molecule has 1 aliphatic heterocycles. The Morgan fingerprint density at radius 2 is 1.86 bits per heavy atom. The van der Waals surface area contributed by atoms with E-state index in [0.717, 1.165) is 25.1 Å². The second-order valence-corrected chi connectivity index (χ2v) is 7.67. The van der Waals surface area contributed by atoms with E-state index in [1.54, 1.807) is 24.3 Å². The van der Waals surface area contributed by atoms with Crippen LogP contribution in [0.2, 0.25) is 5.02 Å². The maximum Gasteiger partial charge on any atom is 0.253 e. The zero-order valence-electron chi connectivity index (χ0n) is 16.0. The van der Waals surface area contributed by atoms with Gasteiger partial charge in [0, 0.05) is 6.04 Å². The highest BCUT2D eigenvalue weighted by Gasteiger charge is 2.25. The number of hydrogen-bond donors (Lipinski definition) is 3. The van der Waals surface area contributed by atoms with Crippen molar-refractivity contribution in [1.29, 1.82) is 0 Å². The molecule has 2 amide bonds. The van der Waals surface area contributed by atoms with Gasteiger partial charge in [0.25, 0.3) is 5.91 Å². The van der Waals surface area contributed by atoms with E-state index < -0.39 is 6.04 Å². The lowest BCUT2D eigenvalue weighted by atomic mass is 9.94. The van der Waals surface area contributed by atoms with Crippen molar-refractivity contribution in [3.63, 3.8) is 0 Å². The summed E-state index contributed by atoms with van der Waals surface area (Å²) in [6, 6.07) is 16.2. The minimum atomic E-state index is -0.429. The third-order valence-corrected chi connectivity index (χ3v) is 5.48. The third-order valence-electron chi connectivity index (χ3n) is 5.15. The first-order valence-electron chi connectivity index (χ1n) is 9.65. The predicted molar refractivity (Wildman–Crippen MR) is 111 cm³/mol. The molecule has 0 bridgehead atoms. The Bertz CT molecular complexity index is 812. The first kappa shape index (κ1) is 20.4. The van der Waals surface area contributed by atoms with Crippen LogP contribution in [0.15, 0.2) is 54.6 Å². The molecule has 3 rings (SSSR count). The fraction of sp³-hybridized carbons (Fsp3) is 0.364. The Balaban J connectivity index is 1.71. The van der Waals surface area contributed by atoms with E-state index in [1.165, 1.54) is 0 Å². The second-order valence-electron chi connectivity index (χ2n) is 7.26. The summed E-state index contributed by atoms with van der Waals surface area (Å²) in [5.74, 6) is 0.0279. The van der Waals surface area contributed by atoms with Crippen molar-refractivity contribution in [3.8, 4) is 0 Å². The van der Waals surface area contributed by atoms with Gasteiger partial charge in [0.2, 0.25) is 5.91 Å². The van der Waals surface area contributed by atoms with Crippen LogP contribution in [-0.4, -0.2) is 30.9 Å². The van der Waals surface area contributed by atoms with Gasteiger partial charge in [-0.3, -0.25) is 9.59 Å². The van der Waals surface area contributed by atoms with Crippen LogP contribution in [0.5, 0.6) is 0 Å². The van der Waals surface area contributed by atoms with E-state index in [0.29, 0.717) is 16.5 Å². The molecule has 3 N–H and O–H groups in total. The zero-order chi connectivity index (χ0) is 19.9. The average molecular weight is 400 g/mol. The molecule has 2 aromatic rings. The summed E-state index contributed by atoms with van der Waals surface area (Å²) in [4.78, 5) is 25.5. The Morgan fingerprint density at radius 3 is 2.57 bits per heavy atom. The SMILES string of the molecule is CC1CNCCC1NC(=O)CC(NC(=O)c1ccccc1Cl)c1ccccc1. The molecule has 148 valence electrons. The highest BCUT2D eigenvalue weighted by molar-refractivity contribution is 6.33. The largest absolute Gasteiger partial charge is 0.353 e. The monoisotopic (exact) mass is 399 g/mol. The van der Waals surface area contributed by atoms with E-state index in [9.17, 15) is 9.59 Å². The van der Waals surface area contributed by atoms with Crippen LogP contribution < -0.4 is 16.0 Å². The number of piperidine rings is 1. The lowest BCUT2D eigenvalue weighted by molar-refractivity contribution is -0.122. The summed E-state index contributed by atoms with van der Waals surface area (Å²) in [5, 5.41) is 9.83. The molecule has 6 heteroatoms. The second kappa shape index (κ2) is 9.71. The van der Waals surface area contributed by atoms with Crippen molar-refractivity contribution in [2.75, 3.05) is 13.1 Å². The number of carbonyl (C=O) groups is 2. The standard InChI is InChI=1S/C22H26ClN3O2/c1-15-14-24-12-11-19(15)25-21(27)13-20(16-7-3-2-4-8-16)26-22(28)17-9-5-6-10-18(17)23/h2-10,15,19-20,24H,11-14H2,1H3,(H,25,27)(H,26,28). The lowest BCUT2D eigenvalue weighted by Crippen LogP contribution is -2.49. The van der Waals surface area contributed by atoms with Crippen LogP contribution in [0.25, 0.3) is 0 Å². The summed E-state index contributed by atoms with van der Waals surface area (Å²) < 4.78 is 0. The highest BCUT2D eigenvalue weighted by Crippen LogP contribution is 2.21. The first-order valence-corrected chi connectivity index (χ1v) is 10.0. The van der Waals surface area contributed by atoms with Gasteiger partial charge in [0.05, 0.1) is 23.0 Å². The van der Waals surface area contributed by atoms with Crippen molar-refractivity contribution in [3.05, 3.63) is 70.7 Å². The third kappa shape index (κ3) is 5.33. The zero-order valence-corrected chi connectivity index (χ0v) is 16.7. The van der Waals surface area contributed by atoms with Gasteiger partial charge in [0.1, 0.15) is 0 Å². The van der Waals surface area contributed by atoms with Gasteiger partial charge < -0.3 is 16.0 Å². The molecule has 2 aromatic carbocycles. The van der Waals surface area contributed by atoms with Gasteiger partial charge >= 0.3 is 0 Å². The molecular formula is C22H26ClN3O2. The quantitative estimate of drug-likeness (QED) is 0.697. The first-order chi connectivity index (χ1) is 13.5. The number of hydrogen-bond acceptors (Lipinski definition) is 3. The number of halogens is 1. The van der Waals surface area contributed by atoms with Crippen LogP contribution in [0.3, 0.4) is 0 Å². The molecule has 0 aliphatic carbocycles. The molecular weight excluding hydrogens is 374 g/mol. The normalized spacial score (nSPS) is 20.2. The molecule has 0 spiro atoms. The molecule has 3 atom stereocenters. The maximum absolute atomic E-state index is 12.7. The van der Waals surface area contributed by atoms with Crippen LogP contribution >= 0.6 is 11.6 Å². The van der Waals surface area contributed by atoms with Gasteiger partial charge in [-0.05, 0) is 43.1 Å². The highest BCUT2D eigenvalue weighted by atomic mass is 35.5. The minimum Gasteiger partial charge on any atom is -0.353 e. The summed E-state index contributed by atoms with van der Waals surface area (Å²) >= 11 is 6.15. The molecule has 1 fully saturated rings. The van der Waals surface area contributed by atoms with Gasteiger partial charge in [-0.1, -0.05) is 61.0 Å². The van der Waals surface area contributed by atoms with Gasteiger partial charge in [-0.15, -0.1) is 0 Å². The molecule has 0 saturated carbocycles. The fourth-order valence-corrected chi connectivity index (χ4v) is 3.72. The van der Waals surface area contributed by atoms with Crippen LogP contribution in [-0.2, 0) is 4.79 Å². The van der Waals surface area contributed by atoms with Crippen LogP contribution in [0.1, 0.15) is 41.7 Å². The molecule has 1 heterocycles. The summed E-state index contributed by atoms with van der Waals surface area (Å²) in [7, 11) is 0. The average Bonchev–Trinajstić information content (AvgIpc) is 2.70. The molecule has 3 unspecified atom stereocenters. The van der Waals surface area contributed by atoms with Crippen molar-refractivity contribution >= 4 is 23.4 Å². The maximum atomic E-state index is 12.7. The van der Waals surface area contributed by atoms with Crippen molar-refractivity contribution < 1.29 is 9.59 Å². The minimum absolute atomic E-state index is 0.0629. The summed E-state index contributed by atoms with van der Waals surface area (Å²) in [5.41, 5.74) is 1.29. The van der Waals surface area contributed by atoms with E-state index in [-0.39, 0.29) is 24.3 Å². The van der Waals surface area contributed by atoms with Crippen LogP contribution in [0.4, 0.5) is 0 Å². The van der Waals surface area contributed by atoms with E-state index in [2.05, 4.69) is 22.9 Å². The Morgan fingerprint density at radius 1 is 1.14 bits per heavy atom. The van der Waals surface area contributed by atoms with Gasteiger partial charge in [-0.2, -0.15) is 0 Å². The molecule has 1 aliphatic rings. The van der Waals surface area contributed by atoms with Crippen molar-refractivity contribution in [2.45, 2.75) is 31.8 Å². The van der Waals surface area contributed by atoms with Crippen LogP contribution in [0, 0.1) is 5.92 Å². The van der Waals surface area contributed by atoms with Crippen molar-refractivity contribution in [2.24, 2.45) is 5.92 Å². The number of carbonyl (C=O) groups excluding carboxylic acids is 2. The summed E-state index contributed by atoms with van der Waals surface area (Å²) in [6.07, 6.45) is 1.09. The summed E-state index contributed by atoms with van der Waals surface area (Å²) in [6.45, 7) is 3.93. The van der Waals surface area contributed by atoms with Gasteiger partial charge in [0.15, 0.2) is 0 Å². The van der Waals surface area contributed by atoms with Crippen molar-refractivity contribution in [1.82, 2.24) is 16.0 Å². The fourth-order valence-electron chi connectivity index (χ4n) is 3.50. The number of nitrogens with one attached hydrogen (secondary N) is 3. The topological polar surface area (TPSA) is 70.2 Å². The number of amides is 2. The lowest BCUT2D eigenvalue weighted by Gasteiger charge is -2.31. The number of rotatable bonds is 6. The van der Waals surface area contributed by atoms with Gasteiger partial charge in [-0.25, -0.2) is 0 Å². The number of benzene rings is 2. The Kier molecular flexibility index (Phi) is 7.06. The Labute approximate surface area is 170 Å². The van der Waals surface area contributed by atoms with E-state index in [4.69, 9.17) is 11.6 Å². The molecule has 1 saturated heterocycles. The Hall–Kier alpha value is -2.37. The van der Waals surface area contributed by atoms with E-state index >= 15 is 0 Å². The molecule has 28 heavy (non-hydrogen) atoms. The molecule has 0 radical (unpaired) electrons. The smallest absolute Gasteiger partial charge is 0.253 e. The molecule has 5 nitrogen and oxygen atoms in total. The predicted octanol–water partition coefficient (Wildman–Crippen LogP) is 3.32. The van der Waals surface area contributed by atoms with E-state index in [1.807, 2.05) is 30.3 Å².